The van der Waals surface area contributed by atoms with E-state index >= 15 is 0 Å². The first kappa shape index (κ1) is 8.70. The molecule has 1 atom stereocenters. The predicted octanol–water partition coefficient (Wildman–Crippen LogP) is 1.94. The summed E-state index contributed by atoms with van der Waals surface area (Å²) in [6, 6.07) is 0. The van der Waals surface area contributed by atoms with Gasteiger partial charge in [-0.15, -0.1) is 0 Å². The van der Waals surface area contributed by atoms with E-state index in [2.05, 4.69) is 20.4 Å². The fourth-order valence-corrected chi connectivity index (χ4v) is 0.493. The fourth-order valence-electron chi connectivity index (χ4n) is 0.493. The predicted molar refractivity (Wildman–Crippen MR) is 42.2 cm³/mol. The molecule has 0 saturated heterocycles. The molecule has 0 spiro atoms. The topological polar surface area (TPSA) is 26.0 Å². The summed E-state index contributed by atoms with van der Waals surface area (Å²) in [6.07, 6.45) is 0. The Bertz CT molecular complexity index is 112. The Morgan fingerprint density at radius 1 is 1.56 bits per heavy atom. The third-order valence-electron chi connectivity index (χ3n) is 2.12. The van der Waals surface area contributed by atoms with Gasteiger partial charge >= 0.3 is 0 Å². The monoisotopic (exact) mass is 127 g/mol. The molecular weight excluding hydrogens is 110 g/mol. The van der Waals surface area contributed by atoms with Crippen LogP contribution in [0.1, 0.15) is 27.7 Å². The van der Waals surface area contributed by atoms with Crippen molar-refractivity contribution in [2.45, 2.75) is 33.2 Å². The second kappa shape index (κ2) is 2.53. The van der Waals surface area contributed by atoms with Gasteiger partial charge < -0.3 is 5.73 Å². The van der Waals surface area contributed by atoms with Crippen LogP contribution in [0.15, 0.2) is 12.2 Å². The summed E-state index contributed by atoms with van der Waals surface area (Å²) >= 11 is 0. The number of hydrogen-bond acceptors (Lipinski definition) is 1. The molecule has 0 aliphatic rings. The molecule has 1 unspecified atom stereocenters. The van der Waals surface area contributed by atoms with Crippen molar-refractivity contribution in [3.63, 3.8) is 0 Å². The van der Waals surface area contributed by atoms with E-state index in [1.165, 1.54) is 0 Å². The fraction of sp³-hybridized carbons (Fsp3) is 0.750. The van der Waals surface area contributed by atoms with Gasteiger partial charge in [0.05, 0.1) is 0 Å². The molecule has 2 N–H and O–H groups in total. The second-order valence-electron chi connectivity index (χ2n) is 3.22. The highest BCUT2D eigenvalue weighted by molar-refractivity contribution is 5.11. The molecule has 0 aromatic carbocycles. The molecule has 0 amide bonds. The Balaban J connectivity index is 4.19. The Morgan fingerprint density at radius 2 is 1.89 bits per heavy atom. The SMILES string of the molecule is C=C(C)C(C)(N)C(C)C. The maximum atomic E-state index is 5.90. The molecule has 0 heterocycles. The standard InChI is InChI=1S/C8H17N/c1-6(2)8(5,9)7(3)4/h7H,1,9H2,2-5H3. The Labute approximate surface area is 57.9 Å². The van der Waals surface area contributed by atoms with Crippen LogP contribution < -0.4 is 5.73 Å². The average Bonchev–Trinajstić information content (AvgIpc) is 1.65. The summed E-state index contributed by atoms with van der Waals surface area (Å²) in [5.41, 5.74) is 6.76. The van der Waals surface area contributed by atoms with E-state index in [1.54, 1.807) is 0 Å². The van der Waals surface area contributed by atoms with Gasteiger partial charge in [0.2, 0.25) is 0 Å². The van der Waals surface area contributed by atoms with Crippen molar-refractivity contribution in [3.05, 3.63) is 12.2 Å². The van der Waals surface area contributed by atoms with Crippen molar-refractivity contribution >= 4 is 0 Å². The summed E-state index contributed by atoms with van der Waals surface area (Å²) in [4.78, 5) is 0. The molecule has 0 aromatic rings. The van der Waals surface area contributed by atoms with E-state index in [-0.39, 0.29) is 5.54 Å². The third kappa shape index (κ3) is 1.83. The lowest BCUT2D eigenvalue weighted by Crippen LogP contribution is -2.42. The van der Waals surface area contributed by atoms with Gasteiger partial charge in [-0.25, -0.2) is 0 Å². The van der Waals surface area contributed by atoms with Crippen molar-refractivity contribution < 1.29 is 0 Å². The molecule has 0 fully saturated rings. The maximum Gasteiger partial charge on any atom is 0.0358 e. The Kier molecular flexibility index (Phi) is 2.44. The molecule has 9 heavy (non-hydrogen) atoms. The third-order valence-corrected chi connectivity index (χ3v) is 2.12. The van der Waals surface area contributed by atoms with Gasteiger partial charge in [-0.1, -0.05) is 26.0 Å². The van der Waals surface area contributed by atoms with Gasteiger partial charge in [-0.2, -0.15) is 0 Å². The van der Waals surface area contributed by atoms with Crippen LogP contribution in [0.2, 0.25) is 0 Å². The number of rotatable bonds is 2. The van der Waals surface area contributed by atoms with E-state index in [0.717, 1.165) is 5.57 Å². The zero-order valence-electron chi connectivity index (χ0n) is 6.86. The van der Waals surface area contributed by atoms with E-state index in [0.29, 0.717) is 5.92 Å². The highest BCUT2D eigenvalue weighted by Crippen LogP contribution is 2.19. The number of hydrogen-bond donors (Lipinski definition) is 1. The lowest BCUT2D eigenvalue weighted by Gasteiger charge is -2.29. The molecule has 0 saturated carbocycles. The minimum absolute atomic E-state index is 0.194. The van der Waals surface area contributed by atoms with E-state index < -0.39 is 0 Å². The molecule has 0 rings (SSSR count). The van der Waals surface area contributed by atoms with E-state index in [1.807, 2.05) is 13.8 Å². The van der Waals surface area contributed by atoms with Crippen LogP contribution in [0, 0.1) is 5.92 Å². The van der Waals surface area contributed by atoms with Crippen molar-refractivity contribution in [2.24, 2.45) is 11.7 Å². The molecule has 1 nitrogen and oxygen atoms in total. The zero-order valence-corrected chi connectivity index (χ0v) is 6.86. The summed E-state index contributed by atoms with van der Waals surface area (Å²) in [7, 11) is 0. The maximum absolute atomic E-state index is 5.90. The van der Waals surface area contributed by atoms with Crippen LogP contribution in [0.5, 0.6) is 0 Å². The van der Waals surface area contributed by atoms with Crippen LogP contribution in [0.25, 0.3) is 0 Å². The second-order valence-corrected chi connectivity index (χ2v) is 3.22. The molecule has 0 aromatic heterocycles. The number of nitrogens with two attached hydrogens (primary N) is 1. The van der Waals surface area contributed by atoms with Crippen LogP contribution in [0.4, 0.5) is 0 Å². The molecule has 0 bridgehead atoms. The van der Waals surface area contributed by atoms with Crippen LogP contribution in [-0.2, 0) is 0 Å². The lowest BCUT2D eigenvalue weighted by atomic mass is 9.84. The van der Waals surface area contributed by atoms with Gasteiger partial charge in [-0.05, 0) is 19.8 Å². The molecule has 1 heteroatoms. The zero-order chi connectivity index (χ0) is 7.65. The minimum atomic E-state index is -0.194. The van der Waals surface area contributed by atoms with Crippen molar-refractivity contribution in [1.82, 2.24) is 0 Å². The van der Waals surface area contributed by atoms with Crippen molar-refractivity contribution in [2.75, 3.05) is 0 Å². The van der Waals surface area contributed by atoms with Crippen LogP contribution in [-0.4, -0.2) is 5.54 Å². The summed E-state index contributed by atoms with van der Waals surface area (Å²) in [6.45, 7) is 12.0. The van der Waals surface area contributed by atoms with E-state index in [9.17, 15) is 0 Å². The van der Waals surface area contributed by atoms with Gasteiger partial charge in [0, 0.05) is 5.54 Å². The summed E-state index contributed by atoms with van der Waals surface area (Å²) < 4.78 is 0. The summed E-state index contributed by atoms with van der Waals surface area (Å²) in [5, 5.41) is 0. The van der Waals surface area contributed by atoms with Gasteiger partial charge in [0.25, 0.3) is 0 Å². The normalized spacial score (nSPS) is 17.6. The first-order valence-corrected chi connectivity index (χ1v) is 3.34. The molecule has 0 aliphatic heterocycles. The largest absolute Gasteiger partial charge is 0.322 e. The molecule has 54 valence electrons. The average molecular weight is 127 g/mol. The van der Waals surface area contributed by atoms with Gasteiger partial charge in [0.15, 0.2) is 0 Å². The lowest BCUT2D eigenvalue weighted by molar-refractivity contribution is 0.398. The first-order valence-electron chi connectivity index (χ1n) is 3.34. The minimum Gasteiger partial charge on any atom is -0.322 e. The van der Waals surface area contributed by atoms with Crippen LogP contribution >= 0.6 is 0 Å². The quantitative estimate of drug-likeness (QED) is 0.564. The molecule has 0 radical (unpaired) electrons. The Morgan fingerprint density at radius 3 is 1.89 bits per heavy atom. The van der Waals surface area contributed by atoms with Gasteiger partial charge in [0.1, 0.15) is 0 Å². The smallest absolute Gasteiger partial charge is 0.0358 e. The highest BCUT2D eigenvalue weighted by atomic mass is 14.7. The van der Waals surface area contributed by atoms with E-state index in [4.69, 9.17) is 5.73 Å². The Hall–Kier alpha value is -0.300. The first-order chi connectivity index (χ1) is 3.89. The van der Waals surface area contributed by atoms with Gasteiger partial charge in [-0.3, -0.25) is 0 Å². The highest BCUT2D eigenvalue weighted by Gasteiger charge is 2.22. The summed E-state index contributed by atoms with van der Waals surface area (Å²) in [5.74, 6) is 0.468. The van der Waals surface area contributed by atoms with Crippen molar-refractivity contribution in [3.8, 4) is 0 Å². The van der Waals surface area contributed by atoms with Crippen molar-refractivity contribution in [1.29, 1.82) is 0 Å². The van der Waals surface area contributed by atoms with Crippen LogP contribution in [0.3, 0.4) is 0 Å². The molecular formula is C8H17N. The molecule has 0 aliphatic carbocycles.